The Morgan fingerprint density at radius 3 is 2.44 bits per heavy atom. The molecular formula is C13H22N2O2S. The van der Waals surface area contributed by atoms with Crippen LogP contribution in [0.5, 0.6) is 0 Å². The molecule has 1 rings (SSSR count). The molecule has 0 aromatic heterocycles. The second-order valence-electron chi connectivity index (χ2n) is 4.27. The van der Waals surface area contributed by atoms with Gasteiger partial charge in [0.2, 0.25) is 10.0 Å². The van der Waals surface area contributed by atoms with Gasteiger partial charge >= 0.3 is 0 Å². The lowest BCUT2D eigenvalue weighted by Crippen LogP contribution is -2.32. The molecule has 0 fully saturated rings. The molecule has 1 N–H and O–H groups in total. The van der Waals surface area contributed by atoms with Crippen molar-refractivity contribution in [3.63, 3.8) is 0 Å². The van der Waals surface area contributed by atoms with E-state index in [2.05, 4.69) is 17.4 Å². The lowest BCUT2D eigenvalue weighted by Gasteiger charge is -2.17. The lowest BCUT2D eigenvalue weighted by molar-refractivity contribution is 0.419. The normalized spacial score (nSPS) is 11.9. The molecular weight excluding hydrogens is 248 g/mol. The van der Waals surface area contributed by atoms with Crippen molar-refractivity contribution in [1.29, 1.82) is 0 Å². The van der Waals surface area contributed by atoms with E-state index in [4.69, 9.17) is 0 Å². The summed E-state index contributed by atoms with van der Waals surface area (Å²) in [5.41, 5.74) is 1.24. The van der Waals surface area contributed by atoms with Crippen molar-refractivity contribution in [2.24, 2.45) is 0 Å². The maximum absolute atomic E-state index is 11.4. The molecule has 0 atom stereocenters. The van der Waals surface area contributed by atoms with Crippen LogP contribution in [0.2, 0.25) is 0 Å². The molecule has 0 radical (unpaired) electrons. The number of hydrogen-bond donors (Lipinski definition) is 1. The van der Waals surface area contributed by atoms with Gasteiger partial charge in [-0.2, -0.15) is 0 Å². The Labute approximate surface area is 110 Å². The number of hydrogen-bond acceptors (Lipinski definition) is 3. The van der Waals surface area contributed by atoms with Crippen LogP contribution in [0.15, 0.2) is 30.3 Å². The minimum absolute atomic E-state index is 0.539. The topological polar surface area (TPSA) is 49.4 Å². The van der Waals surface area contributed by atoms with Crippen LogP contribution in [-0.4, -0.2) is 38.6 Å². The van der Waals surface area contributed by atoms with Crippen molar-refractivity contribution in [1.82, 2.24) is 9.62 Å². The van der Waals surface area contributed by atoms with Crippen molar-refractivity contribution in [2.45, 2.75) is 19.9 Å². The average Bonchev–Trinajstić information content (AvgIpc) is 2.33. The Morgan fingerprint density at radius 1 is 1.22 bits per heavy atom. The standard InChI is InChI=1S/C13H22N2O2S/c1-3-15(18(2,16)17)11-7-10-14-12-13-8-5-4-6-9-13/h4-6,8-9,14H,3,7,10-12H2,1-2H3. The van der Waals surface area contributed by atoms with Gasteiger partial charge in [-0.05, 0) is 18.5 Å². The average molecular weight is 270 g/mol. The summed E-state index contributed by atoms with van der Waals surface area (Å²) in [5, 5.41) is 3.31. The Balaban J connectivity index is 2.19. The minimum Gasteiger partial charge on any atom is -0.313 e. The number of nitrogens with one attached hydrogen (secondary N) is 1. The fourth-order valence-electron chi connectivity index (χ4n) is 1.77. The number of nitrogens with zero attached hydrogens (tertiary/aromatic N) is 1. The number of rotatable bonds is 8. The molecule has 0 saturated heterocycles. The molecule has 18 heavy (non-hydrogen) atoms. The van der Waals surface area contributed by atoms with Crippen molar-refractivity contribution in [2.75, 3.05) is 25.9 Å². The fourth-order valence-corrected chi connectivity index (χ4v) is 2.70. The predicted molar refractivity (Wildman–Crippen MR) is 74.9 cm³/mol. The van der Waals surface area contributed by atoms with Crippen molar-refractivity contribution >= 4 is 10.0 Å². The molecule has 0 aliphatic heterocycles. The van der Waals surface area contributed by atoms with E-state index in [1.165, 1.54) is 16.1 Å². The second-order valence-corrected chi connectivity index (χ2v) is 6.25. The molecule has 0 unspecified atom stereocenters. The highest BCUT2D eigenvalue weighted by atomic mass is 32.2. The first kappa shape index (κ1) is 15.1. The highest BCUT2D eigenvalue weighted by Crippen LogP contribution is 1.99. The summed E-state index contributed by atoms with van der Waals surface area (Å²) < 4.78 is 24.2. The summed E-state index contributed by atoms with van der Waals surface area (Å²) in [4.78, 5) is 0. The molecule has 1 aromatic rings. The van der Waals surface area contributed by atoms with E-state index in [1.807, 2.05) is 25.1 Å². The Hall–Kier alpha value is -0.910. The molecule has 0 heterocycles. The van der Waals surface area contributed by atoms with E-state index >= 15 is 0 Å². The van der Waals surface area contributed by atoms with Crippen LogP contribution in [0.1, 0.15) is 18.9 Å². The van der Waals surface area contributed by atoms with E-state index in [9.17, 15) is 8.42 Å². The predicted octanol–water partition coefficient (Wildman–Crippen LogP) is 1.45. The molecule has 0 aliphatic rings. The molecule has 4 nitrogen and oxygen atoms in total. The van der Waals surface area contributed by atoms with Crippen LogP contribution >= 0.6 is 0 Å². The van der Waals surface area contributed by atoms with Crippen molar-refractivity contribution in [3.8, 4) is 0 Å². The summed E-state index contributed by atoms with van der Waals surface area (Å²) >= 11 is 0. The second kappa shape index (κ2) is 7.51. The van der Waals surface area contributed by atoms with E-state index in [0.29, 0.717) is 13.1 Å². The number of benzene rings is 1. The van der Waals surface area contributed by atoms with Crippen LogP contribution in [-0.2, 0) is 16.6 Å². The first-order chi connectivity index (χ1) is 8.54. The molecule has 1 aromatic carbocycles. The summed E-state index contributed by atoms with van der Waals surface area (Å²) in [6.07, 6.45) is 2.08. The van der Waals surface area contributed by atoms with Gasteiger partial charge in [0.15, 0.2) is 0 Å². The highest BCUT2D eigenvalue weighted by molar-refractivity contribution is 7.88. The van der Waals surface area contributed by atoms with Gasteiger partial charge in [0, 0.05) is 19.6 Å². The minimum atomic E-state index is -3.05. The van der Waals surface area contributed by atoms with Gasteiger partial charge in [0.05, 0.1) is 6.26 Å². The quantitative estimate of drug-likeness (QED) is 0.727. The van der Waals surface area contributed by atoms with Gasteiger partial charge in [-0.25, -0.2) is 12.7 Å². The van der Waals surface area contributed by atoms with Gasteiger partial charge in [0.1, 0.15) is 0 Å². The lowest BCUT2D eigenvalue weighted by atomic mass is 10.2. The zero-order valence-electron chi connectivity index (χ0n) is 11.1. The van der Waals surface area contributed by atoms with Gasteiger partial charge in [-0.3, -0.25) is 0 Å². The Morgan fingerprint density at radius 2 is 1.89 bits per heavy atom. The summed E-state index contributed by atoms with van der Waals surface area (Å²) in [7, 11) is -3.05. The highest BCUT2D eigenvalue weighted by Gasteiger charge is 2.12. The molecule has 0 bridgehead atoms. The van der Waals surface area contributed by atoms with Crippen LogP contribution in [0.3, 0.4) is 0 Å². The summed E-state index contributed by atoms with van der Waals surface area (Å²) in [6.45, 7) is 4.62. The molecule has 102 valence electrons. The zero-order chi connectivity index (χ0) is 13.4. The molecule has 0 aliphatic carbocycles. The van der Waals surface area contributed by atoms with Crippen LogP contribution in [0.25, 0.3) is 0 Å². The van der Waals surface area contributed by atoms with Crippen LogP contribution in [0.4, 0.5) is 0 Å². The Kier molecular flexibility index (Phi) is 6.32. The first-order valence-electron chi connectivity index (χ1n) is 6.24. The van der Waals surface area contributed by atoms with E-state index < -0.39 is 10.0 Å². The van der Waals surface area contributed by atoms with Crippen LogP contribution in [0, 0.1) is 0 Å². The van der Waals surface area contributed by atoms with Gasteiger partial charge in [0.25, 0.3) is 0 Å². The summed E-state index contributed by atoms with van der Waals surface area (Å²) in [6, 6.07) is 10.2. The monoisotopic (exact) mass is 270 g/mol. The molecule has 0 spiro atoms. The third-order valence-corrected chi connectivity index (χ3v) is 4.13. The number of sulfonamides is 1. The van der Waals surface area contributed by atoms with Crippen molar-refractivity contribution < 1.29 is 8.42 Å². The Bertz CT molecular complexity index is 432. The smallest absolute Gasteiger partial charge is 0.211 e. The molecule has 0 amide bonds. The third-order valence-electron chi connectivity index (χ3n) is 2.75. The largest absolute Gasteiger partial charge is 0.313 e. The third kappa shape index (κ3) is 5.62. The van der Waals surface area contributed by atoms with Gasteiger partial charge in [-0.15, -0.1) is 0 Å². The van der Waals surface area contributed by atoms with Gasteiger partial charge in [-0.1, -0.05) is 37.3 Å². The van der Waals surface area contributed by atoms with E-state index in [0.717, 1.165) is 19.5 Å². The van der Waals surface area contributed by atoms with Gasteiger partial charge < -0.3 is 5.32 Å². The fraction of sp³-hybridized carbons (Fsp3) is 0.538. The maximum Gasteiger partial charge on any atom is 0.211 e. The SMILES string of the molecule is CCN(CCCNCc1ccccc1)S(C)(=O)=O. The first-order valence-corrected chi connectivity index (χ1v) is 8.08. The van der Waals surface area contributed by atoms with E-state index in [-0.39, 0.29) is 0 Å². The zero-order valence-corrected chi connectivity index (χ0v) is 11.9. The summed E-state index contributed by atoms with van der Waals surface area (Å²) in [5.74, 6) is 0. The molecule has 5 heteroatoms. The van der Waals surface area contributed by atoms with E-state index in [1.54, 1.807) is 0 Å². The maximum atomic E-state index is 11.4. The van der Waals surface area contributed by atoms with Crippen molar-refractivity contribution in [3.05, 3.63) is 35.9 Å². The molecule has 0 saturated carbocycles. The van der Waals surface area contributed by atoms with Crippen LogP contribution < -0.4 is 5.32 Å².